The number of alkyl halides is 1. The highest BCUT2D eigenvalue weighted by Crippen LogP contribution is 2.23. The molecule has 3 heteroatoms. The van der Waals surface area contributed by atoms with E-state index in [4.69, 9.17) is 11.6 Å². The molecule has 0 saturated carbocycles. The third-order valence-corrected chi connectivity index (χ3v) is 2.92. The second-order valence-corrected chi connectivity index (χ2v) is 4.45. The summed E-state index contributed by atoms with van der Waals surface area (Å²) in [5.41, 5.74) is 2.58. The summed E-state index contributed by atoms with van der Waals surface area (Å²) in [6.07, 6.45) is 8.65. The van der Waals surface area contributed by atoms with Gasteiger partial charge in [-0.05, 0) is 25.3 Å². The van der Waals surface area contributed by atoms with Crippen molar-refractivity contribution in [1.29, 1.82) is 0 Å². The molecule has 2 nitrogen and oxygen atoms in total. The summed E-state index contributed by atoms with van der Waals surface area (Å²) in [4.78, 5) is 0. The van der Waals surface area contributed by atoms with Gasteiger partial charge in [0.25, 0.3) is 0 Å². The van der Waals surface area contributed by atoms with Gasteiger partial charge in [-0.3, -0.25) is 4.68 Å². The molecule has 1 aliphatic carbocycles. The summed E-state index contributed by atoms with van der Waals surface area (Å²) in [5.74, 6) is 0. The van der Waals surface area contributed by atoms with Crippen LogP contribution in [0.25, 0.3) is 0 Å². The zero-order valence-corrected chi connectivity index (χ0v) is 9.17. The van der Waals surface area contributed by atoms with E-state index in [1.54, 1.807) is 0 Å². The van der Waals surface area contributed by atoms with Crippen molar-refractivity contribution >= 4 is 11.6 Å². The van der Waals surface area contributed by atoms with Crippen LogP contribution in [0.1, 0.15) is 25.0 Å². The van der Waals surface area contributed by atoms with Crippen molar-refractivity contribution in [3.8, 4) is 0 Å². The molecule has 0 bridgehead atoms. The van der Waals surface area contributed by atoms with Crippen LogP contribution in [-0.4, -0.2) is 15.2 Å². The van der Waals surface area contributed by atoms with E-state index in [0.29, 0.717) is 0 Å². The molecule has 14 heavy (non-hydrogen) atoms. The van der Waals surface area contributed by atoms with Crippen LogP contribution in [0.15, 0.2) is 23.9 Å². The van der Waals surface area contributed by atoms with Crippen molar-refractivity contribution < 1.29 is 0 Å². The molecule has 76 valence electrons. The van der Waals surface area contributed by atoms with E-state index in [2.05, 4.69) is 17.2 Å². The maximum absolute atomic E-state index is 6.08. The van der Waals surface area contributed by atoms with E-state index in [9.17, 15) is 0 Å². The molecule has 1 heterocycles. The van der Waals surface area contributed by atoms with Crippen LogP contribution in [-0.2, 0) is 13.5 Å². The molecule has 2 rings (SSSR count). The lowest BCUT2D eigenvalue weighted by Crippen LogP contribution is -2.05. The number of rotatable bonds is 2. The van der Waals surface area contributed by atoms with Crippen molar-refractivity contribution in [3.63, 3.8) is 0 Å². The van der Waals surface area contributed by atoms with Gasteiger partial charge in [-0.15, -0.1) is 11.6 Å². The normalized spacial score (nSPS) is 22.1. The monoisotopic (exact) mass is 210 g/mol. The summed E-state index contributed by atoms with van der Waals surface area (Å²) in [7, 11) is 1.95. The van der Waals surface area contributed by atoms with Crippen molar-refractivity contribution in [1.82, 2.24) is 9.78 Å². The number of hydrogen-bond acceptors (Lipinski definition) is 1. The fourth-order valence-corrected chi connectivity index (χ4v) is 2.22. The van der Waals surface area contributed by atoms with Gasteiger partial charge in [-0.1, -0.05) is 11.6 Å². The summed E-state index contributed by atoms with van der Waals surface area (Å²) in [5, 5.41) is 4.60. The topological polar surface area (TPSA) is 17.8 Å². The highest BCUT2D eigenvalue weighted by molar-refractivity contribution is 6.21. The molecule has 0 amide bonds. The van der Waals surface area contributed by atoms with E-state index in [1.807, 2.05) is 17.9 Å². The second kappa shape index (κ2) is 4.18. The van der Waals surface area contributed by atoms with Gasteiger partial charge >= 0.3 is 0 Å². The molecule has 1 aromatic rings. The number of allylic oxidation sites excluding steroid dienone is 2. The van der Waals surface area contributed by atoms with Crippen molar-refractivity contribution in [2.24, 2.45) is 7.05 Å². The minimum atomic E-state index is 0.238. The average molecular weight is 211 g/mol. The fourth-order valence-electron chi connectivity index (χ4n) is 1.88. The van der Waals surface area contributed by atoms with Crippen LogP contribution in [0, 0.1) is 0 Å². The van der Waals surface area contributed by atoms with Gasteiger partial charge in [0, 0.05) is 19.7 Å². The maximum atomic E-state index is 6.08. The Labute approximate surface area is 89.6 Å². The number of aromatic nitrogens is 2. The first-order chi connectivity index (χ1) is 6.74. The summed E-state index contributed by atoms with van der Waals surface area (Å²) >= 11 is 6.08. The van der Waals surface area contributed by atoms with Crippen LogP contribution in [0.2, 0.25) is 0 Å². The molecule has 0 aliphatic heterocycles. The SMILES string of the molecule is Cn1ccc(CC2=CC(Cl)CCC2)n1. The molecule has 1 atom stereocenters. The predicted octanol–water partition coefficient (Wildman–Crippen LogP) is 2.68. The lowest BCUT2D eigenvalue weighted by atomic mass is 9.96. The Morgan fingerprint density at radius 3 is 3.14 bits per heavy atom. The first-order valence-corrected chi connectivity index (χ1v) is 5.50. The standard InChI is InChI=1S/C11H15ClN2/c1-14-6-5-11(13-14)8-9-3-2-4-10(12)7-9/h5-7,10H,2-4,8H2,1H3. The highest BCUT2D eigenvalue weighted by atomic mass is 35.5. The Bertz CT molecular complexity index is 341. The smallest absolute Gasteiger partial charge is 0.0664 e. The van der Waals surface area contributed by atoms with Gasteiger partial charge in [-0.25, -0.2) is 0 Å². The quantitative estimate of drug-likeness (QED) is 0.542. The summed E-state index contributed by atoms with van der Waals surface area (Å²) in [6, 6.07) is 2.07. The molecule has 0 radical (unpaired) electrons. The van der Waals surface area contributed by atoms with Gasteiger partial charge in [0.05, 0.1) is 11.1 Å². The Balaban J connectivity index is 2.03. The fraction of sp³-hybridized carbons (Fsp3) is 0.545. The van der Waals surface area contributed by atoms with E-state index in [-0.39, 0.29) is 5.38 Å². The minimum Gasteiger partial charge on any atom is -0.276 e. The van der Waals surface area contributed by atoms with Crippen LogP contribution in [0.3, 0.4) is 0 Å². The van der Waals surface area contributed by atoms with Gasteiger partial charge in [-0.2, -0.15) is 5.10 Å². The molecule has 0 fully saturated rings. The molecule has 1 aromatic heterocycles. The zero-order valence-electron chi connectivity index (χ0n) is 8.41. The summed E-state index contributed by atoms with van der Waals surface area (Å²) in [6.45, 7) is 0. The molecule has 0 spiro atoms. The Morgan fingerprint density at radius 1 is 1.64 bits per heavy atom. The lowest BCUT2D eigenvalue weighted by molar-refractivity contribution is 0.683. The number of halogens is 1. The van der Waals surface area contributed by atoms with Crippen LogP contribution in [0.4, 0.5) is 0 Å². The lowest BCUT2D eigenvalue weighted by Gasteiger charge is -2.15. The minimum absolute atomic E-state index is 0.238. The molecular weight excluding hydrogens is 196 g/mol. The summed E-state index contributed by atoms with van der Waals surface area (Å²) < 4.78 is 1.84. The largest absolute Gasteiger partial charge is 0.276 e. The van der Waals surface area contributed by atoms with Crippen molar-refractivity contribution in [3.05, 3.63) is 29.6 Å². The Hall–Kier alpha value is -0.760. The van der Waals surface area contributed by atoms with Gasteiger partial charge in [0.2, 0.25) is 0 Å². The first kappa shape index (κ1) is 9.78. The van der Waals surface area contributed by atoms with E-state index in [1.165, 1.54) is 18.4 Å². The number of nitrogens with zero attached hydrogens (tertiary/aromatic N) is 2. The van der Waals surface area contributed by atoms with E-state index < -0.39 is 0 Å². The second-order valence-electron chi connectivity index (χ2n) is 3.89. The zero-order chi connectivity index (χ0) is 9.97. The van der Waals surface area contributed by atoms with Crippen LogP contribution >= 0.6 is 11.6 Å². The Kier molecular flexibility index (Phi) is 2.92. The van der Waals surface area contributed by atoms with Gasteiger partial charge in [0.15, 0.2) is 0 Å². The van der Waals surface area contributed by atoms with Gasteiger partial charge < -0.3 is 0 Å². The molecule has 1 aliphatic rings. The molecule has 0 saturated heterocycles. The molecule has 0 aromatic carbocycles. The maximum Gasteiger partial charge on any atom is 0.0664 e. The number of aryl methyl sites for hydroxylation is 1. The third-order valence-electron chi connectivity index (χ3n) is 2.57. The highest BCUT2D eigenvalue weighted by Gasteiger charge is 2.11. The van der Waals surface area contributed by atoms with E-state index in [0.717, 1.165) is 18.5 Å². The number of hydrogen-bond donors (Lipinski definition) is 0. The molecular formula is C11H15ClN2. The molecule has 1 unspecified atom stereocenters. The van der Waals surface area contributed by atoms with Gasteiger partial charge in [0.1, 0.15) is 0 Å². The predicted molar refractivity (Wildman–Crippen MR) is 58.5 cm³/mol. The van der Waals surface area contributed by atoms with Crippen molar-refractivity contribution in [2.75, 3.05) is 0 Å². The van der Waals surface area contributed by atoms with E-state index >= 15 is 0 Å². The van der Waals surface area contributed by atoms with Crippen LogP contribution < -0.4 is 0 Å². The molecule has 0 N–H and O–H groups in total. The average Bonchev–Trinajstić information content (AvgIpc) is 2.51. The first-order valence-electron chi connectivity index (χ1n) is 5.06. The Morgan fingerprint density at radius 2 is 2.50 bits per heavy atom. The third kappa shape index (κ3) is 2.38. The van der Waals surface area contributed by atoms with Crippen molar-refractivity contribution in [2.45, 2.75) is 31.1 Å². The van der Waals surface area contributed by atoms with Crippen LogP contribution in [0.5, 0.6) is 0 Å².